The molecule has 1 fully saturated rings. The summed E-state index contributed by atoms with van der Waals surface area (Å²) >= 11 is 1.43. The highest BCUT2D eigenvalue weighted by atomic mass is 32.2. The van der Waals surface area contributed by atoms with Crippen LogP contribution in [-0.2, 0) is 16.6 Å². The Balaban J connectivity index is 1.40. The normalized spacial score (nSPS) is 15.1. The molecule has 1 aliphatic heterocycles. The molecule has 7 nitrogen and oxygen atoms in total. The Kier molecular flexibility index (Phi) is 5.15. The Bertz CT molecular complexity index is 998. The van der Waals surface area contributed by atoms with Crippen molar-refractivity contribution in [3.05, 3.63) is 54.2 Å². The second-order valence-corrected chi connectivity index (χ2v) is 9.15. The molecule has 0 unspecified atom stereocenters. The van der Waals surface area contributed by atoms with Gasteiger partial charge in [0.25, 0.3) is 0 Å². The number of anilines is 1. The standard InChI is InChI=1S/C18H19N5O2S2/c24-27(25,23-11-3-4-12-23)15-8-6-14(7-9-15)13-20-18-22-21-17(26-18)16-5-1-2-10-19-16/h1-2,5-10H,3-4,11-13H2,(H,20,22). The number of nitrogens with one attached hydrogen (secondary N) is 1. The average Bonchev–Trinajstić information content (AvgIpc) is 3.40. The highest BCUT2D eigenvalue weighted by molar-refractivity contribution is 7.89. The number of pyridine rings is 1. The van der Waals surface area contributed by atoms with Crippen molar-refractivity contribution in [3.8, 4) is 10.7 Å². The molecule has 0 saturated carbocycles. The monoisotopic (exact) mass is 401 g/mol. The number of benzene rings is 1. The van der Waals surface area contributed by atoms with Crippen molar-refractivity contribution in [3.63, 3.8) is 0 Å². The Labute approximate surface area is 162 Å². The summed E-state index contributed by atoms with van der Waals surface area (Å²) in [6.07, 6.45) is 3.59. The van der Waals surface area contributed by atoms with Gasteiger partial charge in [0, 0.05) is 25.8 Å². The van der Waals surface area contributed by atoms with E-state index in [1.165, 1.54) is 11.3 Å². The number of aromatic nitrogens is 3. The van der Waals surface area contributed by atoms with Gasteiger partial charge < -0.3 is 5.32 Å². The lowest BCUT2D eigenvalue weighted by atomic mass is 10.2. The zero-order valence-electron chi connectivity index (χ0n) is 14.6. The van der Waals surface area contributed by atoms with Crippen LogP contribution in [0.15, 0.2) is 53.6 Å². The first-order valence-corrected chi connectivity index (χ1v) is 11.0. The molecule has 27 heavy (non-hydrogen) atoms. The third kappa shape index (κ3) is 4.00. The predicted octanol–water partition coefficient (Wildman–Crippen LogP) is 3.00. The largest absolute Gasteiger partial charge is 0.356 e. The van der Waals surface area contributed by atoms with Crippen LogP contribution >= 0.6 is 11.3 Å². The molecule has 0 spiro atoms. The Morgan fingerprint density at radius 2 is 1.81 bits per heavy atom. The Morgan fingerprint density at radius 3 is 2.52 bits per heavy atom. The lowest BCUT2D eigenvalue weighted by molar-refractivity contribution is 0.477. The molecular formula is C18H19N5O2S2. The van der Waals surface area contributed by atoms with Gasteiger partial charge in [0.2, 0.25) is 15.2 Å². The summed E-state index contributed by atoms with van der Waals surface area (Å²) in [5.41, 5.74) is 1.77. The molecule has 0 bridgehead atoms. The van der Waals surface area contributed by atoms with E-state index in [1.807, 2.05) is 30.3 Å². The van der Waals surface area contributed by atoms with Crippen LogP contribution < -0.4 is 5.32 Å². The summed E-state index contributed by atoms with van der Waals surface area (Å²) in [5, 5.41) is 13.0. The molecule has 1 aromatic carbocycles. The van der Waals surface area contributed by atoms with Crippen LogP contribution in [-0.4, -0.2) is 41.0 Å². The van der Waals surface area contributed by atoms with E-state index in [0.717, 1.165) is 29.1 Å². The minimum atomic E-state index is -3.36. The van der Waals surface area contributed by atoms with E-state index >= 15 is 0 Å². The van der Waals surface area contributed by atoms with Crippen molar-refractivity contribution < 1.29 is 8.42 Å². The van der Waals surface area contributed by atoms with Crippen molar-refractivity contribution in [2.24, 2.45) is 0 Å². The van der Waals surface area contributed by atoms with Gasteiger partial charge in [-0.1, -0.05) is 29.5 Å². The van der Waals surface area contributed by atoms with Gasteiger partial charge in [-0.25, -0.2) is 8.42 Å². The zero-order chi connectivity index (χ0) is 18.7. The summed E-state index contributed by atoms with van der Waals surface area (Å²) < 4.78 is 26.7. The number of hydrogen-bond donors (Lipinski definition) is 1. The summed E-state index contributed by atoms with van der Waals surface area (Å²) in [5.74, 6) is 0. The van der Waals surface area contributed by atoms with E-state index in [2.05, 4.69) is 20.5 Å². The lowest BCUT2D eigenvalue weighted by Gasteiger charge is -2.15. The van der Waals surface area contributed by atoms with E-state index in [-0.39, 0.29) is 0 Å². The van der Waals surface area contributed by atoms with Crippen LogP contribution in [0.4, 0.5) is 5.13 Å². The summed E-state index contributed by atoms with van der Waals surface area (Å²) in [4.78, 5) is 4.61. The second-order valence-electron chi connectivity index (χ2n) is 6.24. The van der Waals surface area contributed by atoms with Crippen LogP contribution in [0.1, 0.15) is 18.4 Å². The smallest absolute Gasteiger partial charge is 0.243 e. The van der Waals surface area contributed by atoms with Gasteiger partial charge in [0.1, 0.15) is 5.69 Å². The van der Waals surface area contributed by atoms with Gasteiger partial charge in [-0.05, 0) is 42.7 Å². The molecule has 140 valence electrons. The molecule has 1 aliphatic rings. The molecule has 3 aromatic rings. The first-order valence-electron chi connectivity index (χ1n) is 8.71. The molecule has 0 radical (unpaired) electrons. The van der Waals surface area contributed by atoms with Crippen LogP contribution in [0.5, 0.6) is 0 Å². The molecular weight excluding hydrogens is 382 g/mol. The van der Waals surface area contributed by atoms with Gasteiger partial charge in [-0.2, -0.15) is 4.31 Å². The molecule has 1 saturated heterocycles. The molecule has 3 heterocycles. The average molecular weight is 402 g/mol. The van der Waals surface area contributed by atoms with Crippen LogP contribution in [0, 0.1) is 0 Å². The molecule has 0 atom stereocenters. The zero-order valence-corrected chi connectivity index (χ0v) is 16.2. The molecule has 4 rings (SSSR count). The summed E-state index contributed by atoms with van der Waals surface area (Å²) in [6.45, 7) is 1.77. The van der Waals surface area contributed by atoms with E-state index in [0.29, 0.717) is 29.7 Å². The number of nitrogens with zero attached hydrogens (tertiary/aromatic N) is 4. The maximum atomic E-state index is 12.6. The first-order chi connectivity index (χ1) is 13.1. The quantitative estimate of drug-likeness (QED) is 0.683. The number of sulfonamides is 1. The van der Waals surface area contributed by atoms with Crippen molar-refractivity contribution in [2.75, 3.05) is 18.4 Å². The van der Waals surface area contributed by atoms with Crippen molar-refractivity contribution in [1.82, 2.24) is 19.5 Å². The van der Waals surface area contributed by atoms with E-state index in [4.69, 9.17) is 0 Å². The number of hydrogen-bond acceptors (Lipinski definition) is 7. The van der Waals surface area contributed by atoms with Gasteiger partial charge >= 0.3 is 0 Å². The molecule has 0 amide bonds. The van der Waals surface area contributed by atoms with Crippen molar-refractivity contribution in [2.45, 2.75) is 24.3 Å². The van der Waals surface area contributed by atoms with E-state index in [9.17, 15) is 8.42 Å². The lowest BCUT2D eigenvalue weighted by Crippen LogP contribution is -2.27. The third-order valence-corrected chi connectivity index (χ3v) is 7.20. The van der Waals surface area contributed by atoms with E-state index < -0.39 is 10.0 Å². The SMILES string of the molecule is O=S(=O)(c1ccc(CNc2nnc(-c3ccccn3)s2)cc1)N1CCCC1. The summed E-state index contributed by atoms with van der Waals surface area (Å²) in [6, 6.07) is 12.7. The van der Waals surface area contributed by atoms with Gasteiger partial charge in [0.15, 0.2) is 5.01 Å². The fourth-order valence-electron chi connectivity index (χ4n) is 2.92. The Hall–Kier alpha value is -2.36. The second kappa shape index (κ2) is 7.71. The van der Waals surface area contributed by atoms with E-state index in [1.54, 1.807) is 22.6 Å². The van der Waals surface area contributed by atoms with Crippen LogP contribution in [0.25, 0.3) is 10.7 Å². The minimum absolute atomic E-state index is 0.349. The molecule has 0 aliphatic carbocycles. The van der Waals surface area contributed by atoms with Gasteiger partial charge in [0.05, 0.1) is 4.90 Å². The van der Waals surface area contributed by atoms with Crippen molar-refractivity contribution >= 4 is 26.5 Å². The van der Waals surface area contributed by atoms with Crippen LogP contribution in [0.2, 0.25) is 0 Å². The molecule has 2 aromatic heterocycles. The molecule has 9 heteroatoms. The van der Waals surface area contributed by atoms with Gasteiger partial charge in [-0.15, -0.1) is 10.2 Å². The minimum Gasteiger partial charge on any atom is -0.356 e. The van der Waals surface area contributed by atoms with Gasteiger partial charge in [-0.3, -0.25) is 4.98 Å². The fraction of sp³-hybridized carbons (Fsp3) is 0.278. The summed E-state index contributed by atoms with van der Waals surface area (Å²) in [7, 11) is -3.36. The molecule has 1 N–H and O–H groups in total. The predicted molar refractivity (Wildman–Crippen MR) is 105 cm³/mol. The fourth-order valence-corrected chi connectivity index (χ4v) is 5.16. The number of rotatable bonds is 6. The third-order valence-electron chi connectivity index (χ3n) is 4.38. The van der Waals surface area contributed by atoms with Crippen LogP contribution in [0.3, 0.4) is 0 Å². The highest BCUT2D eigenvalue weighted by Gasteiger charge is 2.26. The Morgan fingerprint density at radius 1 is 1.04 bits per heavy atom. The maximum absolute atomic E-state index is 12.6. The highest BCUT2D eigenvalue weighted by Crippen LogP contribution is 2.25. The topological polar surface area (TPSA) is 88.1 Å². The first kappa shape index (κ1) is 18.0. The maximum Gasteiger partial charge on any atom is 0.243 e. The van der Waals surface area contributed by atoms with Crippen molar-refractivity contribution in [1.29, 1.82) is 0 Å².